The fourth-order valence-electron chi connectivity index (χ4n) is 2.83. The largest absolute Gasteiger partial charge is 0.485 e. The average molecular weight is 386 g/mol. The van der Waals surface area contributed by atoms with Crippen LogP contribution in [0.4, 0.5) is 0 Å². The molecule has 0 spiro atoms. The SMILES string of the molecule is C=CCn1c(S[C@H](C)C(=O)NC2CC2)nnc1[C@H]1COc2ccccc2O1. The minimum Gasteiger partial charge on any atom is -0.485 e. The number of allylic oxidation sites excluding steroid dienone is 1. The number of fused-ring (bicyclic) bond motifs is 1. The van der Waals surface area contributed by atoms with Crippen LogP contribution in [0, 0.1) is 0 Å². The van der Waals surface area contributed by atoms with Crippen LogP contribution in [0.1, 0.15) is 31.7 Å². The molecule has 8 heteroatoms. The number of amides is 1. The second-order valence-electron chi connectivity index (χ2n) is 6.65. The molecule has 2 heterocycles. The van der Waals surface area contributed by atoms with Gasteiger partial charge in [-0.15, -0.1) is 16.8 Å². The summed E-state index contributed by atoms with van der Waals surface area (Å²) in [5.74, 6) is 2.11. The number of aromatic nitrogens is 3. The standard InChI is InChI=1S/C19H22N4O3S/c1-3-10-23-17(16-11-25-14-6-4-5-7-15(14)26-16)21-22-19(23)27-12(2)18(24)20-13-8-9-13/h3-7,12-13,16H,1,8-11H2,2H3,(H,20,24)/t12-,16-/m1/s1. The Kier molecular flexibility index (Phi) is 5.07. The van der Waals surface area contributed by atoms with Crippen molar-refractivity contribution >= 4 is 17.7 Å². The van der Waals surface area contributed by atoms with E-state index in [4.69, 9.17) is 9.47 Å². The van der Waals surface area contributed by atoms with Gasteiger partial charge in [0.05, 0.1) is 5.25 Å². The first-order valence-electron chi connectivity index (χ1n) is 9.05. The lowest BCUT2D eigenvalue weighted by molar-refractivity contribution is -0.120. The van der Waals surface area contributed by atoms with Crippen LogP contribution >= 0.6 is 11.8 Å². The van der Waals surface area contributed by atoms with Gasteiger partial charge in [-0.3, -0.25) is 9.36 Å². The Morgan fingerprint density at radius 3 is 2.93 bits per heavy atom. The van der Waals surface area contributed by atoms with Crippen LogP contribution < -0.4 is 14.8 Å². The minimum absolute atomic E-state index is 0.0309. The lowest BCUT2D eigenvalue weighted by Gasteiger charge is -2.26. The summed E-state index contributed by atoms with van der Waals surface area (Å²) in [6.45, 7) is 6.59. The molecule has 0 unspecified atom stereocenters. The molecule has 1 amide bonds. The van der Waals surface area contributed by atoms with Crippen molar-refractivity contribution < 1.29 is 14.3 Å². The van der Waals surface area contributed by atoms with Gasteiger partial charge >= 0.3 is 0 Å². The van der Waals surface area contributed by atoms with Gasteiger partial charge in [0.15, 0.2) is 28.6 Å². The van der Waals surface area contributed by atoms with Crippen molar-refractivity contribution in [3.8, 4) is 11.5 Å². The van der Waals surface area contributed by atoms with E-state index >= 15 is 0 Å². The third-order valence-corrected chi connectivity index (χ3v) is 5.51. The van der Waals surface area contributed by atoms with Crippen LogP contribution in [-0.4, -0.2) is 38.6 Å². The Morgan fingerprint density at radius 2 is 2.19 bits per heavy atom. The van der Waals surface area contributed by atoms with Crippen LogP contribution in [0.3, 0.4) is 0 Å². The summed E-state index contributed by atoms with van der Waals surface area (Å²) in [5.41, 5.74) is 0. The number of hydrogen-bond donors (Lipinski definition) is 1. The molecule has 0 bridgehead atoms. The lowest BCUT2D eigenvalue weighted by Crippen LogP contribution is -2.32. The first-order valence-corrected chi connectivity index (χ1v) is 9.93. The highest BCUT2D eigenvalue weighted by molar-refractivity contribution is 8.00. The van der Waals surface area contributed by atoms with Crippen LogP contribution in [0.5, 0.6) is 11.5 Å². The molecule has 1 aliphatic heterocycles. The van der Waals surface area contributed by atoms with Crippen LogP contribution in [0.2, 0.25) is 0 Å². The zero-order valence-corrected chi connectivity index (χ0v) is 15.9. The van der Waals surface area contributed by atoms with Gasteiger partial charge in [-0.05, 0) is 31.9 Å². The summed E-state index contributed by atoms with van der Waals surface area (Å²) in [7, 11) is 0. The number of carbonyl (C=O) groups is 1. The summed E-state index contributed by atoms with van der Waals surface area (Å²) < 4.78 is 13.8. The Bertz CT molecular complexity index is 849. The molecule has 27 heavy (non-hydrogen) atoms. The average Bonchev–Trinajstić information content (AvgIpc) is 3.42. The van der Waals surface area contributed by atoms with Crippen molar-refractivity contribution in [2.75, 3.05) is 6.61 Å². The molecule has 1 aliphatic carbocycles. The van der Waals surface area contributed by atoms with Crippen molar-refractivity contribution in [1.82, 2.24) is 20.1 Å². The highest BCUT2D eigenvalue weighted by atomic mass is 32.2. The van der Waals surface area contributed by atoms with E-state index in [1.165, 1.54) is 11.8 Å². The van der Waals surface area contributed by atoms with Gasteiger partial charge in [0.25, 0.3) is 0 Å². The maximum Gasteiger partial charge on any atom is 0.233 e. The number of ether oxygens (including phenoxy) is 2. The molecular formula is C19H22N4O3S. The highest BCUT2D eigenvalue weighted by Crippen LogP contribution is 2.36. The molecule has 1 saturated carbocycles. The molecule has 1 aromatic carbocycles. The van der Waals surface area contributed by atoms with E-state index in [1.54, 1.807) is 6.08 Å². The summed E-state index contributed by atoms with van der Waals surface area (Å²) in [6.07, 6.45) is 3.56. The van der Waals surface area contributed by atoms with Gasteiger partial charge in [0, 0.05) is 12.6 Å². The van der Waals surface area contributed by atoms with Gasteiger partial charge in [-0.25, -0.2) is 0 Å². The molecule has 1 fully saturated rings. The summed E-state index contributed by atoms with van der Waals surface area (Å²) >= 11 is 1.39. The molecule has 2 atom stereocenters. The molecule has 0 radical (unpaired) electrons. The smallest absolute Gasteiger partial charge is 0.233 e. The second kappa shape index (κ2) is 7.64. The van der Waals surface area contributed by atoms with Crippen molar-refractivity contribution in [2.45, 2.75) is 48.9 Å². The van der Waals surface area contributed by atoms with E-state index < -0.39 is 0 Å². The Labute approximate surface area is 162 Å². The lowest BCUT2D eigenvalue weighted by atomic mass is 10.2. The number of nitrogens with one attached hydrogen (secondary N) is 1. The van der Waals surface area contributed by atoms with Gasteiger partial charge in [0.1, 0.15) is 6.61 Å². The van der Waals surface area contributed by atoms with Crippen molar-refractivity contribution in [2.24, 2.45) is 0 Å². The molecule has 142 valence electrons. The van der Waals surface area contributed by atoms with Crippen molar-refractivity contribution in [3.05, 3.63) is 42.7 Å². The number of nitrogens with zero attached hydrogens (tertiary/aromatic N) is 3. The van der Waals surface area contributed by atoms with E-state index in [0.29, 0.717) is 35.9 Å². The maximum absolute atomic E-state index is 12.3. The maximum atomic E-state index is 12.3. The summed E-state index contributed by atoms with van der Waals surface area (Å²) in [6, 6.07) is 7.90. The van der Waals surface area contributed by atoms with E-state index in [-0.39, 0.29) is 17.3 Å². The van der Waals surface area contributed by atoms with Crippen LogP contribution in [0.25, 0.3) is 0 Å². The number of benzene rings is 1. The molecule has 0 saturated heterocycles. The Morgan fingerprint density at radius 1 is 1.41 bits per heavy atom. The van der Waals surface area contributed by atoms with Crippen LogP contribution in [-0.2, 0) is 11.3 Å². The quantitative estimate of drug-likeness (QED) is 0.582. The number of hydrogen-bond acceptors (Lipinski definition) is 6. The zero-order chi connectivity index (χ0) is 18.8. The number of para-hydroxylation sites is 2. The third-order valence-electron chi connectivity index (χ3n) is 4.43. The van der Waals surface area contributed by atoms with E-state index in [2.05, 4.69) is 22.1 Å². The predicted molar refractivity (Wildman–Crippen MR) is 102 cm³/mol. The van der Waals surface area contributed by atoms with Crippen molar-refractivity contribution in [3.63, 3.8) is 0 Å². The molecule has 7 nitrogen and oxygen atoms in total. The minimum atomic E-state index is -0.364. The number of carbonyl (C=O) groups excluding carboxylic acids is 1. The summed E-state index contributed by atoms with van der Waals surface area (Å²) in [4.78, 5) is 12.3. The predicted octanol–water partition coefficient (Wildman–Crippen LogP) is 2.74. The molecule has 1 aromatic heterocycles. The zero-order valence-electron chi connectivity index (χ0n) is 15.1. The topological polar surface area (TPSA) is 78.3 Å². The molecule has 4 rings (SSSR count). The fraction of sp³-hybridized carbons (Fsp3) is 0.421. The number of rotatable bonds is 7. The Balaban J connectivity index is 1.52. The highest BCUT2D eigenvalue weighted by Gasteiger charge is 2.30. The van der Waals surface area contributed by atoms with Gasteiger partial charge in [-0.1, -0.05) is 30.0 Å². The van der Waals surface area contributed by atoms with E-state index in [9.17, 15) is 4.79 Å². The normalized spacial score (nSPS) is 19.4. The molecule has 2 aliphatic rings. The first-order chi connectivity index (χ1) is 13.2. The number of thioether (sulfide) groups is 1. The van der Waals surface area contributed by atoms with Crippen LogP contribution in [0.15, 0.2) is 42.1 Å². The monoisotopic (exact) mass is 386 g/mol. The molecule has 1 N–H and O–H groups in total. The van der Waals surface area contributed by atoms with E-state index in [0.717, 1.165) is 18.6 Å². The van der Waals surface area contributed by atoms with Gasteiger partial charge in [0.2, 0.25) is 5.91 Å². The third kappa shape index (κ3) is 3.95. The van der Waals surface area contributed by atoms with E-state index in [1.807, 2.05) is 35.8 Å². The Hall–Kier alpha value is -2.48. The van der Waals surface area contributed by atoms with Gasteiger partial charge < -0.3 is 14.8 Å². The molecule has 2 aromatic rings. The first kappa shape index (κ1) is 17.9. The summed E-state index contributed by atoms with van der Waals surface area (Å²) in [5, 5.41) is 12.1. The van der Waals surface area contributed by atoms with Crippen molar-refractivity contribution in [1.29, 1.82) is 0 Å². The second-order valence-corrected chi connectivity index (χ2v) is 7.96. The molecular weight excluding hydrogens is 364 g/mol. The fourth-order valence-corrected chi connectivity index (χ4v) is 3.71. The van der Waals surface area contributed by atoms with Gasteiger partial charge in [-0.2, -0.15) is 0 Å².